The van der Waals surface area contributed by atoms with Crippen LogP contribution >= 0.6 is 0 Å². The second-order valence-corrected chi connectivity index (χ2v) is 4.62. The molecule has 0 saturated carbocycles. The third-order valence-corrected chi connectivity index (χ3v) is 3.41. The molecule has 104 valence electrons. The lowest BCUT2D eigenvalue weighted by Gasteiger charge is -2.32. The molecule has 18 heavy (non-hydrogen) atoms. The van der Waals surface area contributed by atoms with Crippen molar-refractivity contribution in [2.45, 2.75) is 65.0 Å². The summed E-state index contributed by atoms with van der Waals surface area (Å²) in [5.41, 5.74) is 1.38. The topological polar surface area (TPSA) is 21.3 Å². The highest BCUT2D eigenvalue weighted by Gasteiger charge is 2.25. The third kappa shape index (κ3) is 4.58. The summed E-state index contributed by atoms with van der Waals surface area (Å²) in [6.07, 6.45) is 13.4. The molecule has 2 heteroatoms. The van der Waals surface area contributed by atoms with Gasteiger partial charge in [0.1, 0.15) is 0 Å². The lowest BCUT2D eigenvalue weighted by molar-refractivity contribution is 0.0537. The molecule has 2 atom stereocenters. The van der Waals surface area contributed by atoms with Crippen LogP contribution in [-0.4, -0.2) is 25.3 Å². The fourth-order valence-electron chi connectivity index (χ4n) is 2.61. The van der Waals surface area contributed by atoms with E-state index in [-0.39, 0.29) is 6.10 Å². The normalized spacial score (nSPS) is 24.8. The molecule has 0 bridgehead atoms. The lowest BCUT2D eigenvalue weighted by Crippen LogP contribution is -2.45. The maximum atomic E-state index is 5.94. The number of rotatable bonds is 4. The van der Waals surface area contributed by atoms with Crippen molar-refractivity contribution in [3.05, 3.63) is 23.8 Å². The molecule has 0 aromatic carbocycles. The number of piperidine rings is 1. The van der Waals surface area contributed by atoms with Crippen molar-refractivity contribution in [1.29, 1.82) is 0 Å². The zero-order valence-electron chi connectivity index (χ0n) is 12.2. The smallest absolute Gasteiger partial charge is 0.0974 e. The Morgan fingerprint density at radius 1 is 1.33 bits per heavy atom. The van der Waals surface area contributed by atoms with E-state index in [9.17, 15) is 0 Å². The summed E-state index contributed by atoms with van der Waals surface area (Å²) in [7, 11) is 0. The molecule has 1 heterocycles. The van der Waals surface area contributed by atoms with Crippen LogP contribution < -0.4 is 5.32 Å². The van der Waals surface area contributed by atoms with Crippen LogP contribution in [0.4, 0.5) is 0 Å². The van der Waals surface area contributed by atoms with Crippen molar-refractivity contribution < 1.29 is 4.74 Å². The fraction of sp³-hybridized carbons (Fsp3) is 0.750. The Morgan fingerprint density at radius 2 is 2.17 bits per heavy atom. The molecule has 2 nitrogen and oxygen atoms in total. The molecular formula is C16H29NO. The molecule has 1 aliphatic carbocycles. The Bertz CT molecular complexity index is 264. The van der Waals surface area contributed by atoms with Gasteiger partial charge in [0.05, 0.1) is 6.10 Å². The van der Waals surface area contributed by atoms with Crippen LogP contribution in [0.2, 0.25) is 0 Å². The predicted octanol–water partition coefficient (Wildman–Crippen LogP) is 3.84. The van der Waals surface area contributed by atoms with Gasteiger partial charge in [0.25, 0.3) is 0 Å². The fourth-order valence-corrected chi connectivity index (χ4v) is 2.61. The first kappa shape index (κ1) is 15.5. The zero-order chi connectivity index (χ0) is 13.2. The average molecular weight is 251 g/mol. The highest BCUT2D eigenvalue weighted by Crippen LogP contribution is 2.22. The van der Waals surface area contributed by atoms with Gasteiger partial charge >= 0.3 is 0 Å². The summed E-state index contributed by atoms with van der Waals surface area (Å²) in [6.45, 7) is 8.03. The molecule has 1 saturated heterocycles. The van der Waals surface area contributed by atoms with Crippen LogP contribution in [-0.2, 0) is 4.74 Å². The van der Waals surface area contributed by atoms with E-state index in [4.69, 9.17) is 4.74 Å². The van der Waals surface area contributed by atoms with E-state index < -0.39 is 0 Å². The van der Waals surface area contributed by atoms with E-state index in [1.807, 2.05) is 13.8 Å². The van der Waals surface area contributed by atoms with Gasteiger partial charge in [0.2, 0.25) is 0 Å². The maximum absolute atomic E-state index is 5.94. The molecule has 1 N–H and O–H groups in total. The lowest BCUT2D eigenvalue weighted by atomic mass is 9.92. The number of allylic oxidation sites excluding steroid dienone is 2. The van der Waals surface area contributed by atoms with Gasteiger partial charge in [0, 0.05) is 12.6 Å². The SMILES string of the molecule is CC.CCOC(C1=CCCC=C1)C1CCCCN1. The van der Waals surface area contributed by atoms with E-state index in [0.29, 0.717) is 6.04 Å². The summed E-state index contributed by atoms with van der Waals surface area (Å²) in [6, 6.07) is 0.516. The summed E-state index contributed by atoms with van der Waals surface area (Å²) >= 11 is 0. The maximum Gasteiger partial charge on any atom is 0.0974 e. The van der Waals surface area contributed by atoms with Crippen molar-refractivity contribution in [3.63, 3.8) is 0 Å². The van der Waals surface area contributed by atoms with Crippen LogP contribution in [0.25, 0.3) is 0 Å². The van der Waals surface area contributed by atoms with Crippen molar-refractivity contribution in [3.8, 4) is 0 Å². The van der Waals surface area contributed by atoms with Gasteiger partial charge < -0.3 is 10.1 Å². The summed E-state index contributed by atoms with van der Waals surface area (Å²) in [5.74, 6) is 0. The Morgan fingerprint density at radius 3 is 2.72 bits per heavy atom. The van der Waals surface area contributed by atoms with E-state index >= 15 is 0 Å². The Kier molecular flexibility index (Phi) is 8.03. The van der Waals surface area contributed by atoms with Crippen molar-refractivity contribution >= 4 is 0 Å². The van der Waals surface area contributed by atoms with Crippen molar-refractivity contribution in [2.24, 2.45) is 0 Å². The highest BCUT2D eigenvalue weighted by atomic mass is 16.5. The molecular weight excluding hydrogens is 222 g/mol. The Hall–Kier alpha value is -0.600. The molecule has 2 aliphatic rings. The Labute approximate surface area is 112 Å². The molecule has 1 aliphatic heterocycles. The summed E-state index contributed by atoms with van der Waals surface area (Å²) < 4.78 is 5.94. The second-order valence-electron chi connectivity index (χ2n) is 4.62. The summed E-state index contributed by atoms with van der Waals surface area (Å²) in [5, 5.41) is 3.60. The number of ether oxygens (including phenoxy) is 1. The van der Waals surface area contributed by atoms with Crippen molar-refractivity contribution in [1.82, 2.24) is 5.32 Å². The molecule has 0 radical (unpaired) electrons. The van der Waals surface area contributed by atoms with E-state index in [1.165, 1.54) is 37.7 Å². The molecule has 2 rings (SSSR count). The van der Waals surface area contributed by atoms with Gasteiger partial charge in [-0.3, -0.25) is 0 Å². The average Bonchev–Trinajstić information content (AvgIpc) is 2.49. The third-order valence-electron chi connectivity index (χ3n) is 3.41. The van der Waals surface area contributed by atoms with Crippen molar-refractivity contribution in [2.75, 3.05) is 13.2 Å². The minimum atomic E-state index is 0.266. The number of hydrogen-bond acceptors (Lipinski definition) is 2. The van der Waals surface area contributed by atoms with Crippen LogP contribution in [0.3, 0.4) is 0 Å². The zero-order valence-corrected chi connectivity index (χ0v) is 12.2. The largest absolute Gasteiger partial charge is 0.372 e. The first-order valence-electron chi connectivity index (χ1n) is 7.63. The number of nitrogens with one attached hydrogen (secondary N) is 1. The van der Waals surface area contributed by atoms with Crippen LogP contribution in [0, 0.1) is 0 Å². The van der Waals surface area contributed by atoms with Crippen LogP contribution in [0.5, 0.6) is 0 Å². The summed E-state index contributed by atoms with van der Waals surface area (Å²) in [4.78, 5) is 0. The van der Waals surface area contributed by atoms with Gasteiger partial charge in [-0.15, -0.1) is 0 Å². The van der Waals surface area contributed by atoms with E-state index in [2.05, 4.69) is 30.5 Å². The predicted molar refractivity (Wildman–Crippen MR) is 78.9 cm³/mol. The molecule has 0 amide bonds. The van der Waals surface area contributed by atoms with Gasteiger partial charge in [-0.2, -0.15) is 0 Å². The standard InChI is InChI=1S/C14H23NO.C2H6/c1-2-16-14(12-8-4-3-5-9-12)13-10-6-7-11-15-13;1-2/h4,8-9,13-15H,2-3,5-7,10-11H2,1H3;1-2H3. The van der Waals surface area contributed by atoms with E-state index in [1.54, 1.807) is 0 Å². The molecule has 0 spiro atoms. The first-order chi connectivity index (χ1) is 8.92. The highest BCUT2D eigenvalue weighted by molar-refractivity contribution is 5.28. The molecule has 1 fully saturated rings. The van der Waals surface area contributed by atoms with Gasteiger partial charge in [0.15, 0.2) is 0 Å². The number of hydrogen-bond donors (Lipinski definition) is 1. The van der Waals surface area contributed by atoms with E-state index in [0.717, 1.165) is 13.2 Å². The monoisotopic (exact) mass is 251 g/mol. The molecule has 2 unspecified atom stereocenters. The quantitative estimate of drug-likeness (QED) is 0.819. The molecule has 0 aromatic rings. The van der Waals surface area contributed by atoms with Crippen LogP contribution in [0.15, 0.2) is 23.8 Å². The van der Waals surface area contributed by atoms with Gasteiger partial charge in [-0.05, 0) is 44.7 Å². The first-order valence-corrected chi connectivity index (χ1v) is 7.63. The Balaban J connectivity index is 0.000000771. The van der Waals surface area contributed by atoms with Gasteiger partial charge in [-0.1, -0.05) is 38.5 Å². The minimum Gasteiger partial charge on any atom is -0.372 e. The molecule has 0 aromatic heterocycles. The van der Waals surface area contributed by atoms with Gasteiger partial charge in [-0.25, -0.2) is 0 Å². The minimum absolute atomic E-state index is 0.266. The van der Waals surface area contributed by atoms with Crippen LogP contribution in [0.1, 0.15) is 52.9 Å². The second kappa shape index (κ2) is 9.35.